The average molecular weight is 423 g/mol. The van der Waals surface area contributed by atoms with Gasteiger partial charge in [0.2, 0.25) is 0 Å². The van der Waals surface area contributed by atoms with Crippen LogP contribution in [0.2, 0.25) is 0 Å². The first kappa shape index (κ1) is 14.6. The summed E-state index contributed by atoms with van der Waals surface area (Å²) in [6.07, 6.45) is 2.53. The largest absolute Gasteiger partial charge is 0.371 e. The molecule has 1 N–H and O–H groups in total. The molecule has 1 atom stereocenters. The number of halogens is 2. The fourth-order valence-electron chi connectivity index (χ4n) is 2.40. The number of nitrogens with one attached hydrogen (secondary N) is 1. The molecule has 0 aromatic heterocycles. The summed E-state index contributed by atoms with van der Waals surface area (Å²) in [4.78, 5) is 2.51. The van der Waals surface area contributed by atoms with Crippen LogP contribution in [0.3, 0.4) is 0 Å². The predicted molar refractivity (Wildman–Crippen MR) is 90.3 cm³/mol. The molecule has 100 valence electrons. The van der Waals surface area contributed by atoms with Crippen LogP contribution in [0.25, 0.3) is 0 Å². The smallest absolute Gasteiger partial charge is 0.0377 e. The van der Waals surface area contributed by atoms with E-state index in [1.807, 2.05) is 0 Å². The first-order valence-electron chi connectivity index (χ1n) is 6.61. The van der Waals surface area contributed by atoms with E-state index < -0.39 is 0 Å². The van der Waals surface area contributed by atoms with Gasteiger partial charge in [-0.05, 0) is 88.6 Å². The fourth-order valence-corrected chi connectivity index (χ4v) is 3.14. The molecule has 1 fully saturated rings. The van der Waals surface area contributed by atoms with E-state index in [2.05, 4.69) is 73.9 Å². The zero-order valence-electron chi connectivity index (χ0n) is 10.8. The topological polar surface area (TPSA) is 15.3 Å². The van der Waals surface area contributed by atoms with Gasteiger partial charge in [0, 0.05) is 26.8 Å². The Morgan fingerprint density at radius 3 is 3.06 bits per heavy atom. The molecule has 1 unspecified atom stereocenters. The van der Waals surface area contributed by atoms with E-state index in [9.17, 15) is 0 Å². The molecule has 0 saturated carbocycles. The third kappa shape index (κ3) is 3.84. The molecule has 0 bridgehead atoms. The molecule has 1 aromatic rings. The molecular formula is C14H20BrIN2. The Bertz CT molecular complexity index is 397. The minimum atomic E-state index is 0.804. The summed E-state index contributed by atoms with van der Waals surface area (Å²) in [6, 6.07) is 6.64. The second kappa shape index (κ2) is 7.10. The standard InChI is InChI=1S/C14H20BrIN2/c1-2-6-17-9-11-5-7-18(10-11)12-3-4-13(15)14(16)8-12/h3-4,8,11,17H,2,5-7,9-10H2,1H3. The van der Waals surface area contributed by atoms with E-state index in [0.717, 1.165) is 19.0 Å². The van der Waals surface area contributed by atoms with Crippen LogP contribution in [0.5, 0.6) is 0 Å². The molecule has 18 heavy (non-hydrogen) atoms. The SMILES string of the molecule is CCCNCC1CCN(c2ccc(Br)c(I)c2)C1. The predicted octanol–water partition coefficient (Wildman–Crippen LogP) is 3.88. The Labute approximate surface area is 132 Å². The maximum absolute atomic E-state index is 3.56. The van der Waals surface area contributed by atoms with Crippen molar-refractivity contribution in [3.05, 3.63) is 26.2 Å². The highest BCUT2D eigenvalue weighted by atomic mass is 127. The molecule has 1 heterocycles. The molecule has 0 aliphatic carbocycles. The van der Waals surface area contributed by atoms with Crippen LogP contribution in [0.15, 0.2) is 22.7 Å². The van der Waals surface area contributed by atoms with E-state index in [0.29, 0.717) is 0 Å². The van der Waals surface area contributed by atoms with Crippen molar-refractivity contribution in [3.63, 3.8) is 0 Å². The van der Waals surface area contributed by atoms with Gasteiger partial charge < -0.3 is 10.2 Å². The lowest BCUT2D eigenvalue weighted by Gasteiger charge is -2.19. The van der Waals surface area contributed by atoms with Crippen LogP contribution in [-0.2, 0) is 0 Å². The summed E-state index contributed by atoms with van der Waals surface area (Å²) >= 11 is 5.94. The van der Waals surface area contributed by atoms with E-state index in [-0.39, 0.29) is 0 Å². The van der Waals surface area contributed by atoms with Gasteiger partial charge in [-0.2, -0.15) is 0 Å². The zero-order chi connectivity index (χ0) is 13.0. The van der Waals surface area contributed by atoms with E-state index >= 15 is 0 Å². The van der Waals surface area contributed by atoms with Crippen molar-refractivity contribution in [1.29, 1.82) is 0 Å². The monoisotopic (exact) mass is 422 g/mol. The molecule has 1 aromatic carbocycles. The average Bonchev–Trinajstić information content (AvgIpc) is 2.82. The van der Waals surface area contributed by atoms with Gasteiger partial charge in [0.25, 0.3) is 0 Å². The maximum Gasteiger partial charge on any atom is 0.0377 e. The summed E-state index contributed by atoms with van der Waals surface area (Å²) in [5.74, 6) is 0.804. The summed E-state index contributed by atoms with van der Waals surface area (Å²) < 4.78 is 2.48. The van der Waals surface area contributed by atoms with E-state index in [4.69, 9.17) is 0 Å². The molecule has 4 heteroatoms. The number of nitrogens with zero attached hydrogens (tertiary/aromatic N) is 1. The first-order chi connectivity index (χ1) is 8.70. The van der Waals surface area contributed by atoms with Crippen LogP contribution in [0.1, 0.15) is 19.8 Å². The molecular weight excluding hydrogens is 403 g/mol. The Balaban J connectivity index is 1.89. The summed E-state index contributed by atoms with van der Waals surface area (Å²) in [6.45, 7) is 6.91. The Morgan fingerprint density at radius 2 is 2.33 bits per heavy atom. The fraction of sp³-hybridized carbons (Fsp3) is 0.571. The van der Waals surface area contributed by atoms with Crippen molar-refractivity contribution in [2.45, 2.75) is 19.8 Å². The molecule has 0 radical (unpaired) electrons. The second-order valence-corrected chi connectivity index (χ2v) is 6.92. The van der Waals surface area contributed by atoms with Crippen molar-refractivity contribution < 1.29 is 0 Å². The second-order valence-electron chi connectivity index (χ2n) is 4.90. The molecule has 2 nitrogen and oxygen atoms in total. The summed E-state index contributed by atoms with van der Waals surface area (Å²) in [7, 11) is 0. The van der Waals surface area contributed by atoms with Gasteiger partial charge in [-0.1, -0.05) is 6.92 Å². The maximum atomic E-state index is 3.56. The van der Waals surface area contributed by atoms with Crippen LogP contribution in [-0.4, -0.2) is 26.2 Å². The van der Waals surface area contributed by atoms with Crippen LogP contribution in [0, 0.1) is 9.49 Å². The molecule has 1 aliphatic heterocycles. The van der Waals surface area contributed by atoms with Crippen LogP contribution in [0.4, 0.5) is 5.69 Å². The van der Waals surface area contributed by atoms with Gasteiger partial charge in [-0.3, -0.25) is 0 Å². The zero-order valence-corrected chi connectivity index (χ0v) is 14.5. The van der Waals surface area contributed by atoms with Gasteiger partial charge in [-0.25, -0.2) is 0 Å². The highest BCUT2D eigenvalue weighted by molar-refractivity contribution is 14.1. The third-order valence-electron chi connectivity index (χ3n) is 3.41. The van der Waals surface area contributed by atoms with Crippen molar-refractivity contribution in [2.24, 2.45) is 5.92 Å². The summed E-state index contributed by atoms with van der Waals surface area (Å²) in [5.41, 5.74) is 1.36. The van der Waals surface area contributed by atoms with Crippen LogP contribution < -0.4 is 10.2 Å². The number of hydrogen-bond acceptors (Lipinski definition) is 2. The molecule has 1 saturated heterocycles. The highest BCUT2D eigenvalue weighted by Gasteiger charge is 2.22. The molecule has 1 aliphatic rings. The Morgan fingerprint density at radius 1 is 1.50 bits per heavy atom. The Hall–Kier alpha value is 0.190. The van der Waals surface area contributed by atoms with Gasteiger partial charge in [0.05, 0.1) is 0 Å². The highest BCUT2D eigenvalue weighted by Crippen LogP contribution is 2.28. The van der Waals surface area contributed by atoms with Crippen molar-refractivity contribution in [2.75, 3.05) is 31.1 Å². The van der Waals surface area contributed by atoms with Gasteiger partial charge in [-0.15, -0.1) is 0 Å². The van der Waals surface area contributed by atoms with Crippen LogP contribution >= 0.6 is 38.5 Å². The van der Waals surface area contributed by atoms with Crippen molar-refractivity contribution in [3.8, 4) is 0 Å². The first-order valence-corrected chi connectivity index (χ1v) is 8.48. The molecule has 0 amide bonds. The minimum absolute atomic E-state index is 0.804. The summed E-state index contributed by atoms with van der Waals surface area (Å²) in [5, 5.41) is 3.53. The third-order valence-corrected chi connectivity index (χ3v) is 5.74. The van der Waals surface area contributed by atoms with Crippen molar-refractivity contribution in [1.82, 2.24) is 5.32 Å². The normalized spacial score (nSPS) is 19.5. The quantitative estimate of drug-likeness (QED) is 0.572. The van der Waals surface area contributed by atoms with E-state index in [1.54, 1.807) is 0 Å². The number of anilines is 1. The van der Waals surface area contributed by atoms with E-state index in [1.165, 1.54) is 39.7 Å². The number of rotatable bonds is 5. The minimum Gasteiger partial charge on any atom is -0.371 e. The number of hydrogen-bond donors (Lipinski definition) is 1. The molecule has 2 rings (SSSR count). The Kier molecular flexibility index (Phi) is 5.76. The number of benzene rings is 1. The van der Waals surface area contributed by atoms with Gasteiger partial charge in [0.1, 0.15) is 0 Å². The lowest BCUT2D eigenvalue weighted by atomic mass is 10.1. The lowest BCUT2D eigenvalue weighted by Crippen LogP contribution is -2.26. The van der Waals surface area contributed by atoms with Gasteiger partial charge in [0.15, 0.2) is 0 Å². The lowest BCUT2D eigenvalue weighted by molar-refractivity contribution is 0.516. The van der Waals surface area contributed by atoms with Crippen molar-refractivity contribution >= 4 is 44.2 Å². The molecule has 0 spiro atoms. The van der Waals surface area contributed by atoms with Gasteiger partial charge >= 0.3 is 0 Å².